The molecule has 2 heterocycles. The highest BCUT2D eigenvalue weighted by Gasteiger charge is 2.24. The van der Waals surface area contributed by atoms with Gasteiger partial charge in [0.05, 0.1) is 11.3 Å². The topological polar surface area (TPSA) is 69.8 Å². The number of amides is 1. The van der Waals surface area contributed by atoms with E-state index in [1.54, 1.807) is 23.9 Å². The Balaban J connectivity index is 1.42. The maximum absolute atomic E-state index is 13.2. The maximum Gasteiger partial charge on any atom is 0.255 e. The van der Waals surface area contributed by atoms with Gasteiger partial charge >= 0.3 is 0 Å². The molecule has 1 fully saturated rings. The molecule has 7 heteroatoms. The zero-order valence-electron chi connectivity index (χ0n) is 17.2. The Morgan fingerprint density at radius 2 is 1.77 bits per heavy atom. The lowest BCUT2D eigenvalue weighted by Gasteiger charge is -2.36. The number of aryl methyl sites for hydroxylation is 2. The summed E-state index contributed by atoms with van der Waals surface area (Å²) in [7, 11) is 0. The van der Waals surface area contributed by atoms with Crippen molar-refractivity contribution in [3.63, 3.8) is 0 Å². The Bertz CT molecular complexity index is 1000. The monoisotopic (exact) mass is 423 g/mol. The molecule has 1 saturated heterocycles. The fraction of sp³-hybridized carbons (Fsp3) is 0.304. The number of hydrogen-bond donors (Lipinski definition) is 1. The summed E-state index contributed by atoms with van der Waals surface area (Å²) in [5, 5.41) is 13.5. The van der Waals surface area contributed by atoms with Gasteiger partial charge in [-0.2, -0.15) is 0 Å². The zero-order chi connectivity index (χ0) is 21.1. The molecule has 2 aromatic carbocycles. The van der Waals surface area contributed by atoms with E-state index in [-0.39, 0.29) is 11.7 Å². The van der Waals surface area contributed by atoms with Crippen molar-refractivity contribution in [1.82, 2.24) is 10.1 Å². The molecule has 0 aliphatic carbocycles. The third-order valence-corrected chi connectivity index (χ3v) is 6.55. The summed E-state index contributed by atoms with van der Waals surface area (Å²) in [6.07, 6.45) is 0. The van der Waals surface area contributed by atoms with Crippen molar-refractivity contribution in [1.29, 1.82) is 0 Å². The molecule has 0 spiro atoms. The number of aromatic hydroxyl groups is 1. The van der Waals surface area contributed by atoms with Crippen molar-refractivity contribution in [2.24, 2.45) is 0 Å². The van der Waals surface area contributed by atoms with Crippen molar-refractivity contribution in [3.05, 3.63) is 71.1 Å². The molecule has 1 aliphatic heterocycles. The Kier molecular flexibility index (Phi) is 5.99. The Morgan fingerprint density at radius 1 is 1.07 bits per heavy atom. The highest BCUT2D eigenvalue weighted by atomic mass is 32.2. The van der Waals surface area contributed by atoms with E-state index in [0.29, 0.717) is 13.1 Å². The fourth-order valence-electron chi connectivity index (χ4n) is 3.63. The highest BCUT2D eigenvalue weighted by Crippen LogP contribution is 2.30. The number of hydrogen-bond acceptors (Lipinski definition) is 6. The van der Waals surface area contributed by atoms with Gasteiger partial charge in [-0.1, -0.05) is 17.3 Å². The van der Waals surface area contributed by atoms with Crippen LogP contribution in [0.15, 0.2) is 57.9 Å². The van der Waals surface area contributed by atoms with E-state index in [1.165, 1.54) is 0 Å². The standard InChI is InChI=1S/C23H25N3O3S/c1-16-21(17(2)29-24-16)15-30-22-6-4-3-5-20(22)23(28)26-13-11-25(12-14-26)18-7-9-19(27)10-8-18/h3-10,27H,11-15H2,1-2H3. The number of piperazine rings is 1. The second-order valence-corrected chi connectivity index (χ2v) is 8.40. The Morgan fingerprint density at radius 3 is 2.43 bits per heavy atom. The number of thioether (sulfide) groups is 1. The first-order chi connectivity index (χ1) is 14.5. The molecule has 30 heavy (non-hydrogen) atoms. The molecule has 0 unspecified atom stereocenters. The number of phenolic OH excluding ortho intramolecular Hbond substituents is 1. The Hall–Kier alpha value is -2.93. The van der Waals surface area contributed by atoms with Gasteiger partial charge in [-0.25, -0.2) is 0 Å². The van der Waals surface area contributed by atoms with Gasteiger partial charge in [0.25, 0.3) is 5.91 Å². The molecule has 0 bridgehead atoms. The number of aromatic nitrogens is 1. The summed E-state index contributed by atoms with van der Waals surface area (Å²) in [6.45, 7) is 6.73. The molecule has 0 saturated carbocycles. The lowest BCUT2D eigenvalue weighted by Crippen LogP contribution is -2.48. The van der Waals surface area contributed by atoms with Gasteiger partial charge in [0.1, 0.15) is 11.5 Å². The van der Waals surface area contributed by atoms with Crippen molar-refractivity contribution in [2.45, 2.75) is 24.5 Å². The second kappa shape index (κ2) is 8.83. The number of nitrogens with zero attached hydrogens (tertiary/aromatic N) is 3. The van der Waals surface area contributed by atoms with Gasteiger partial charge in [0.15, 0.2) is 0 Å². The molecular weight excluding hydrogens is 398 g/mol. The average Bonchev–Trinajstić information content (AvgIpc) is 3.10. The first-order valence-corrected chi connectivity index (χ1v) is 11.0. The van der Waals surface area contributed by atoms with E-state index in [9.17, 15) is 9.90 Å². The summed E-state index contributed by atoms with van der Waals surface area (Å²) in [4.78, 5) is 18.4. The second-order valence-electron chi connectivity index (χ2n) is 7.38. The van der Waals surface area contributed by atoms with E-state index in [4.69, 9.17) is 4.52 Å². The smallest absolute Gasteiger partial charge is 0.255 e. The van der Waals surface area contributed by atoms with Crippen LogP contribution in [-0.2, 0) is 5.75 Å². The van der Waals surface area contributed by atoms with Gasteiger partial charge in [0, 0.05) is 48.1 Å². The SMILES string of the molecule is Cc1noc(C)c1CSc1ccccc1C(=O)N1CCN(c2ccc(O)cc2)CC1. The summed E-state index contributed by atoms with van der Waals surface area (Å²) in [6, 6.07) is 15.0. The number of anilines is 1. The minimum absolute atomic E-state index is 0.0715. The molecule has 156 valence electrons. The van der Waals surface area contributed by atoms with Gasteiger partial charge in [-0.05, 0) is 50.2 Å². The number of benzene rings is 2. The molecule has 1 amide bonds. The Labute approximate surface area is 180 Å². The van der Waals surface area contributed by atoms with Gasteiger partial charge < -0.3 is 19.4 Å². The molecule has 3 aromatic rings. The van der Waals surface area contributed by atoms with Crippen LogP contribution >= 0.6 is 11.8 Å². The van der Waals surface area contributed by atoms with Crippen LogP contribution in [0.2, 0.25) is 0 Å². The zero-order valence-corrected chi connectivity index (χ0v) is 18.0. The van der Waals surface area contributed by atoms with E-state index in [0.717, 1.165) is 52.0 Å². The van der Waals surface area contributed by atoms with Crippen LogP contribution in [-0.4, -0.2) is 47.2 Å². The lowest BCUT2D eigenvalue weighted by molar-refractivity contribution is 0.0743. The van der Waals surface area contributed by atoms with Crippen LogP contribution in [0.1, 0.15) is 27.4 Å². The van der Waals surface area contributed by atoms with Crippen molar-refractivity contribution < 1.29 is 14.4 Å². The summed E-state index contributed by atoms with van der Waals surface area (Å²) >= 11 is 1.64. The van der Waals surface area contributed by atoms with Crippen LogP contribution in [0.25, 0.3) is 0 Å². The minimum Gasteiger partial charge on any atom is -0.508 e. The molecule has 4 rings (SSSR count). The molecule has 6 nitrogen and oxygen atoms in total. The predicted molar refractivity (Wildman–Crippen MR) is 118 cm³/mol. The maximum atomic E-state index is 13.2. The molecule has 0 radical (unpaired) electrons. The molecular formula is C23H25N3O3S. The lowest BCUT2D eigenvalue weighted by atomic mass is 10.1. The third-order valence-electron chi connectivity index (χ3n) is 5.45. The average molecular weight is 424 g/mol. The van der Waals surface area contributed by atoms with Gasteiger partial charge in [0.2, 0.25) is 0 Å². The fourth-order valence-corrected chi connectivity index (χ4v) is 4.83. The first kappa shape index (κ1) is 20.3. The van der Waals surface area contributed by atoms with Gasteiger partial charge in [-0.3, -0.25) is 4.79 Å². The van der Waals surface area contributed by atoms with Crippen molar-refractivity contribution in [3.8, 4) is 5.75 Å². The predicted octanol–water partition coefficient (Wildman–Crippen LogP) is 4.25. The third kappa shape index (κ3) is 4.31. The largest absolute Gasteiger partial charge is 0.508 e. The van der Waals surface area contributed by atoms with E-state index in [1.807, 2.05) is 55.1 Å². The number of carbonyl (C=O) groups excluding carboxylic acids is 1. The van der Waals surface area contributed by atoms with Crippen molar-refractivity contribution in [2.75, 3.05) is 31.1 Å². The van der Waals surface area contributed by atoms with E-state index >= 15 is 0 Å². The van der Waals surface area contributed by atoms with Crippen LogP contribution in [0.4, 0.5) is 5.69 Å². The molecule has 1 aliphatic rings. The van der Waals surface area contributed by atoms with Crippen LogP contribution in [0, 0.1) is 13.8 Å². The number of rotatable bonds is 5. The van der Waals surface area contributed by atoms with Crippen molar-refractivity contribution >= 4 is 23.4 Å². The summed E-state index contributed by atoms with van der Waals surface area (Å²) < 4.78 is 5.25. The number of carbonyl (C=O) groups is 1. The van der Waals surface area contributed by atoms with Crippen LogP contribution < -0.4 is 4.90 Å². The summed E-state index contributed by atoms with van der Waals surface area (Å²) in [5.74, 6) is 1.88. The minimum atomic E-state index is 0.0715. The normalized spacial score (nSPS) is 14.2. The molecule has 1 aromatic heterocycles. The molecule has 1 N–H and O–H groups in total. The van der Waals surface area contributed by atoms with Crippen LogP contribution in [0.5, 0.6) is 5.75 Å². The highest BCUT2D eigenvalue weighted by molar-refractivity contribution is 7.98. The summed E-state index contributed by atoms with van der Waals surface area (Å²) in [5.41, 5.74) is 3.79. The van der Waals surface area contributed by atoms with E-state index in [2.05, 4.69) is 10.1 Å². The quantitative estimate of drug-likeness (QED) is 0.619. The number of phenols is 1. The van der Waals surface area contributed by atoms with Crippen LogP contribution in [0.3, 0.4) is 0 Å². The van der Waals surface area contributed by atoms with E-state index < -0.39 is 0 Å². The first-order valence-electron chi connectivity index (χ1n) is 10.00. The molecule has 0 atom stereocenters. The van der Waals surface area contributed by atoms with Gasteiger partial charge in [-0.15, -0.1) is 11.8 Å².